The van der Waals surface area contributed by atoms with Crippen LogP contribution in [0.15, 0.2) is 24.3 Å². The quantitative estimate of drug-likeness (QED) is 0.551. The number of carbonyl (C=O) groups is 2. The Bertz CT molecular complexity index is 568. The lowest BCUT2D eigenvalue weighted by atomic mass is 9.94. The second-order valence-corrected chi connectivity index (χ2v) is 6.85. The van der Waals surface area contributed by atoms with Crippen LogP contribution in [0, 0.1) is 0 Å². The molecular weight excluding hydrogens is 316 g/mol. The fourth-order valence-electron chi connectivity index (χ4n) is 3.27. The van der Waals surface area contributed by atoms with E-state index in [9.17, 15) is 9.59 Å². The minimum atomic E-state index is -0.131. The molecule has 1 aliphatic carbocycles. The van der Waals surface area contributed by atoms with Crippen molar-refractivity contribution in [3.8, 4) is 5.75 Å². The Kier molecular flexibility index (Phi) is 7.92. The van der Waals surface area contributed by atoms with E-state index in [2.05, 4.69) is 17.3 Å². The van der Waals surface area contributed by atoms with Crippen LogP contribution in [-0.2, 0) is 4.79 Å². The zero-order valence-electron chi connectivity index (χ0n) is 15.4. The van der Waals surface area contributed by atoms with E-state index in [0.29, 0.717) is 23.9 Å². The van der Waals surface area contributed by atoms with Gasteiger partial charge in [-0.1, -0.05) is 31.4 Å². The minimum absolute atomic E-state index is 0.0167. The summed E-state index contributed by atoms with van der Waals surface area (Å²) in [5.74, 6) is 0.394. The van der Waals surface area contributed by atoms with Crippen LogP contribution in [0.1, 0.15) is 55.8 Å². The number of hydrogen-bond acceptors (Lipinski definition) is 4. The summed E-state index contributed by atoms with van der Waals surface area (Å²) >= 11 is 0. The van der Waals surface area contributed by atoms with Gasteiger partial charge in [-0.05, 0) is 51.9 Å². The van der Waals surface area contributed by atoms with Gasteiger partial charge in [-0.3, -0.25) is 9.59 Å². The van der Waals surface area contributed by atoms with E-state index in [1.807, 2.05) is 0 Å². The first-order valence-corrected chi connectivity index (χ1v) is 9.27. The highest BCUT2D eigenvalue weighted by molar-refractivity contribution is 5.94. The Morgan fingerprint density at radius 2 is 2.00 bits per heavy atom. The average Bonchev–Trinajstić information content (AvgIpc) is 2.64. The van der Waals surface area contributed by atoms with E-state index >= 15 is 0 Å². The second kappa shape index (κ2) is 10.2. The molecule has 0 radical (unpaired) electrons. The van der Waals surface area contributed by atoms with Crippen molar-refractivity contribution >= 4 is 11.7 Å². The first-order chi connectivity index (χ1) is 12.1. The molecule has 0 spiro atoms. The van der Waals surface area contributed by atoms with Crippen LogP contribution in [0.25, 0.3) is 0 Å². The summed E-state index contributed by atoms with van der Waals surface area (Å²) in [6, 6.07) is 7.61. The Morgan fingerprint density at radius 3 is 2.72 bits per heavy atom. The number of hydrogen-bond donors (Lipinski definition) is 1. The molecule has 1 aromatic rings. The van der Waals surface area contributed by atoms with Gasteiger partial charge in [-0.25, -0.2) is 0 Å². The second-order valence-electron chi connectivity index (χ2n) is 6.85. The summed E-state index contributed by atoms with van der Waals surface area (Å²) in [6.07, 6.45) is 7.60. The maximum Gasteiger partial charge on any atom is 0.257 e. The van der Waals surface area contributed by atoms with Crippen molar-refractivity contribution in [3.63, 3.8) is 0 Å². The highest BCUT2D eigenvalue weighted by atomic mass is 16.5. The number of nitrogens with zero attached hydrogens (tertiary/aromatic N) is 1. The van der Waals surface area contributed by atoms with E-state index in [4.69, 9.17) is 4.74 Å². The van der Waals surface area contributed by atoms with Gasteiger partial charge in [0.25, 0.3) is 5.91 Å². The van der Waals surface area contributed by atoms with Crippen molar-refractivity contribution in [2.24, 2.45) is 0 Å². The summed E-state index contributed by atoms with van der Waals surface area (Å²) in [4.78, 5) is 25.6. The molecule has 2 rings (SSSR count). The topological polar surface area (TPSA) is 58.6 Å². The highest BCUT2D eigenvalue weighted by Gasteiger charge is 2.17. The molecule has 1 amide bonds. The molecule has 1 aliphatic rings. The SMILES string of the molecule is CC(=O)c1cccc(OCC(=O)NCCCN(C)C2CCCCC2)c1. The molecular formula is C20H30N2O3. The first kappa shape index (κ1) is 19.4. The zero-order valence-corrected chi connectivity index (χ0v) is 15.4. The van der Waals surface area contributed by atoms with Crippen molar-refractivity contribution in [2.45, 2.75) is 51.5 Å². The van der Waals surface area contributed by atoms with Gasteiger partial charge in [-0.2, -0.15) is 0 Å². The molecule has 1 fully saturated rings. The van der Waals surface area contributed by atoms with Crippen LogP contribution in [-0.4, -0.2) is 49.4 Å². The molecule has 1 aromatic carbocycles. The van der Waals surface area contributed by atoms with Gasteiger partial charge in [0.1, 0.15) is 5.75 Å². The molecule has 0 atom stereocenters. The Balaban J connectivity index is 1.60. The molecule has 138 valence electrons. The molecule has 1 N–H and O–H groups in total. The van der Waals surface area contributed by atoms with Crippen LogP contribution in [0.4, 0.5) is 0 Å². The molecule has 0 heterocycles. The van der Waals surface area contributed by atoms with Crippen LogP contribution in [0.3, 0.4) is 0 Å². The summed E-state index contributed by atoms with van der Waals surface area (Å²) in [5.41, 5.74) is 0.587. The molecule has 0 aliphatic heterocycles. The predicted octanol–water partition coefficient (Wildman–Crippen LogP) is 3.04. The van der Waals surface area contributed by atoms with Crippen LogP contribution < -0.4 is 10.1 Å². The molecule has 25 heavy (non-hydrogen) atoms. The first-order valence-electron chi connectivity index (χ1n) is 9.27. The van der Waals surface area contributed by atoms with Crippen molar-refractivity contribution < 1.29 is 14.3 Å². The number of nitrogens with one attached hydrogen (secondary N) is 1. The van der Waals surface area contributed by atoms with E-state index in [-0.39, 0.29) is 18.3 Å². The Morgan fingerprint density at radius 1 is 1.24 bits per heavy atom. The smallest absolute Gasteiger partial charge is 0.257 e. The monoisotopic (exact) mass is 346 g/mol. The lowest BCUT2D eigenvalue weighted by Crippen LogP contribution is -2.36. The molecule has 0 saturated heterocycles. The number of rotatable bonds is 9. The van der Waals surface area contributed by atoms with Crippen LogP contribution >= 0.6 is 0 Å². The molecule has 5 nitrogen and oxygen atoms in total. The predicted molar refractivity (Wildman–Crippen MR) is 99.1 cm³/mol. The third-order valence-electron chi connectivity index (χ3n) is 4.82. The third-order valence-corrected chi connectivity index (χ3v) is 4.82. The standard InChI is InChI=1S/C20H30N2O3/c1-16(23)17-8-6-11-19(14-17)25-15-20(24)21-12-7-13-22(2)18-9-4-3-5-10-18/h6,8,11,14,18H,3-5,7,9-10,12-13,15H2,1-2H3,(H,21,24). The largest absolute Gasteiger partial charge is 0.484 e. The van der Waals surface area contributed by atoms with E-state index in [0.717, 1.165) is 13.0 Å². The van der Waals surface area contributed by atoms with E-state index < -0.39 is 0 Å². The van der Waals surface area contributed by atoms with Gasteiger partial charge in [0.15, 0.2) is 12.4 Å². The van der Waals surface area contributed by atoms with E-state index in [1.165, 1.54) is 39.0 Å². The van der Waals surface area contributed by atoms with Crippen LogP contribution in [0.2, 0.25) is 0 Å². The summed E-state index contributed by atoms with van der Waals surface area (Å²) in [7, 11) is 2.18. The molecule has 0 unspecified atom stereocenters. The number of amides is 1. The van der Waals surface area contributed by atoms with Gasteiger partial charge in [0.2, 0.25) is 0 Å². The van der Waals surface area contributed by atoms with Gasteiger partial charge in [0.05, 0.1) is 0 Å². The Labute approximate surface area is 150 Å². The number of Topliss-reactive ketones (excluding diaryl/α,β-unsaturated/α-hetero) is 1. The van der Waals surface area contributed by atoms with Crippen molar-refractivity contribution in [1.29, 1.82) is 0 Å². The van der Waals surface area contributed by atoms with Crippen molar-refractivity contribution in [1.82, 2.24) is 10.2 Å². The Hall–Kier alpha value is -1.88. The van der Waals surface area contributed by atoms with Crippen LogP contribution in [0.5, 0.6) is 5.75 Å². The van der Waals surface area contributed by atoms with Gasteiger partial charge in [0, 0.05) is 18.2 Å². The number of ether oxygens (including phenoxy) is 1. The summed E-state index contributed by atoms with van der Waals surface area (Å²) in [5, 5.41) is 2.89. The minimum Gasteiger partial charge on any atom is -0.484 e. The summed E-state index contributed by atoms with van der Waals surface area (Å²) < 4.78 is 5.46. The number of ketones is 1. The maximum atomic E-state index is 11.9. The third kappa shape index (κ3) is 6.86. The zero-order chi connectivity index (χ0) is 18.1. The lowest BCUT2D eigenvalue weighted by Gasteiger charge is -2.31. The van der Waals surface area contributed by atoms with Gasteiger partial charge in [-0.15, -0.1) is 0 Å². The van der Waals surface area contributed by atoms with Gasteiger partial charge < -0.3 is 15.0 Å². The average molecular weight is 346 g/mol. The molecule has 5 heteroatoms. The fraction of sp³-hybridized carbons (Fsp3) is 0.600. The maximum absolute atomic E-state index is 11.9. The number of carbonyl (C=O) groups excluding carboxylic acids is 2. The molecule has 1 saturated carbocycles. The number of benzene rings is 1. The van der Waals surface area contributed by atoms with Gasteiger partial charge >= 0.3 is 0 Å². The normalized spacial score (nSPS) is 15.2. The van der Waals surface area contributed by atoms with Crippen molar-refractivity contribution in [2.75, 3.05) is 26.7 Å². The van der Waals surface area contributed by atoms with E-state index in [1.54, 1.807) is 24.3 Å². The molecule has 0 aromatic heterocycles. The summed E-state index contributed by atoms with van der Waals surface area (Å²) in [6.45, 7) is 3.15. The lowest BCUT2D eigenvalue weighted by molar-refractivity contribution is -0.123. The molecule has 0 bridgehead atoms. The van der Waals surface area contributed by atoms with Crippen molar-refractivity contribution in [3.05, 3.63) is 29.8 Å². The highest BCUT2D eigenvalue weighted by Crippen LogP contribution is 2.21. The fourth-order valence-corrected chi connectivity index (χ4v) is 3.27.